The first-order valence-corrected chi connectivity index (χ1v) is 10.3. The zero-order valence-corrected chi connectivity index (χ0v) is 17.3. The second-order valence-corrected chi connectivity index (χ2v) is 7.78. The van der Waals surface area contributed by atoms with Gasteiger partial charge in [0.25, 0.3) is 0 Å². The van der Waals surface area contributed by atoms with Crippen molar-refractivity contribution in [3.63, 3.8) is 0 Å². The highest BCUT2D eigenvalue weighted by molar-refractivity contribution is 8.00. The number of methoxy groups -OCH3 is 1. The fourth-order valence-electron chi connectivity index (χ4n) is 3.00. The molecule has 0 saturated heterocycles. The monoisotopic (exact) mass is 395 g/mol. The Morgan fingerprint density at radius 1 is 1.11 bits per heavy atom. The molecule has 0 spiro atoms. The van der Waals surface area contributed by atoms with Crippen LogP contribution in [0.4, 0.5) is 0 Å². The Morgan fingerprint density at radius 2 is 1.82 bits per heavy atom. The number of aryl methyl sites for hydroxylation is 1. The Morgan fingerprint density at radius 3 is 2.54 bits per heavy atom. The van der Waals surface area contributed by atoms with Crippen LogP contribution in [0.15, 0.2) is 59.8 Å². The van der Waals surface area contributed by atoms with Crippen LogP contribution in [0.25, 0.3) is 11.4 Å². The van der Waals surface area contributed by atoms with Crippen LogP contribution in [0, 0.1) is 0 Å². The first-order chi connectivity index (χ1) is 13.6. The third-order valence-electron chi connectivity index (χ3n) is 4.62. The minimum Gasteiger partial charge on any atom is -0.496 e. The van der Waals surface area contributed by atoms with Gasteiger partial charge in [-0.3, -0.25) is 4.79 Å². The van der Waals surface area contributed by atoms with Crippen molar-refractivity contribution in [2.75, 3.05) is 7.11 Å². The predicted molar refractivity (Wildman–Crippen MR) is 113 cm³/mol. The molecule has 146 valence electrons. The van der Waals surface area contributed by atoms with Crippen molar-refractivity contribution in [3.8, 4) is 17.1 Å². The zero-order chi connectivity index (χ0) is 19.9. The van der Waals surface area contributed by atoms with Gasteiger partial charge in [0.05, 0.1) is 17.9 Å². The molecule has 6 heteroatoms. The van der Waals surface area contributed by atoms with E-state index in [-0.39, 0.29) is 11.0 Å². The van der Waals surface area contributed by atoms with Crippen LogP contribution < -0.4 is 4.74 Å². The number of hydrogen-bond acceptors (Lipinski definition) is 5. The van der Waals surface area contributed by atoms with E-state index in [0.29, 0.717) is 6.42 Å². The highest BCUT2D eigenvalue weighted by Gasteiger charge is 2.21. The van der Waals surface area contributed by atoms with Gasteiger partial charge in [-0.1, -0.05) is 61.2 Å². The number of thioether (sulfide) groups is 1. The van der Waals surface area contributed by atoms with Gasteiger partial charge in [-0.15, -0.1) is 10.2 Å². The summed E-state index contributed by atoms with van der Waals surface area (Å²) >= 11 is 1.47. The van der Waals surface area contributed by atoms with E-state index in [1.165, 1.54) is 17.3 Å². The molecule has 2 aromatic carbocycles. The van der Waals surface area contributed by atoms with E-state index in [9.17, 15) is 4.79 Å². The topological polar surface area (TPSA) is 57.0 Å². The summed E-state index contributed by atoms with van der Waals surface area (Å²) < 4.78 is 7.61. The number of ketones is 1. The predicted octanol–water partition coefficient (Wildman–Crippen LogP) is 4.66. The molecule has 0 radical (unpaired) electrons. The zero-order valence-electron chi connectivity index (χ0n) is 16.5. The van der Waals surface area contributed by atoms with Crippen LogP contribution in [0.5, 0.6) is 5.75 Å². The first-order valence-electron chi connectivity index (χ1n) is 9.44. The standard InChI is InChI=1S/C22H25N3O2S/c1-4-19(26)16(2)28-22-24-23-21(18-12-8-9-13-20(18)27-3)25(22)15-14-17-10-6-5-7-11-17/h5-13,16H,4,14-15H2,1-3H3. The quantitative estimate of drug-likeness (QED) is 0.493. The number of para-hydroxylation sites is 1. The van der Waals surface area contributed by atoms with Crippen molar-refractivity contribution in [1.29, 1.82) is 0 Å². The molecule has 0 N–H and O–H groups in total. The maximum Gasteiger partial charge on any atom is 0.192 e. The Labute approximate surface area is 170 Å². The lowest BCUT2D eigenvalue weighted by molar-refractivity contribution is -0.118. The lowest BCUT2D eigenvalue weighted by Crippen LogP contribution is -2.13. The fourth-order valence-corrected chi connectivity index (χ4v) is 4.01. The van der Waals surface area contributed by atoms with Gasteiger partial charge in [0.1, 0.15) is 11.5 Å². The molecule has 3 rings (SSSR count). The van der Waals surface area contributed by atoms with Crippen LogP contribution in [0.2, 0.25) is 0 Å². The summed E-state index contributed by atoms with van der Waals surface area (Å²) in [6, 6.07) is 18.1. The van der Waals surface area contributed by atoms with Crippen molar-refractivity contribution in [2.45, 2.75) is 43.6 Å². The lowest BCUT2D eigenvalue weighted by Gasteiger charge is -2.14. The summed E-state index contributed by atoms with van der Waals surface area (Å²) in [6.07, 6.45) is 1.37. The molecule has 0 amide bonds. The summed E-state index contributed by atoms with van der Waals surface area (Å²) in [4.78, 5) is 12.1. The van der Waals surface area contributed by atoms with Crippen LogP contribution in [-0.4, -0.2) is 32.9 Å². The van der Waals surface area contributed by atoms with Gasteiger partial charge in [0.2, 0.25) is 0 Å². The Bertz CT molecular complexity index is 925. The minimum atomic E-state index is -0.157. The summed E-state index contributed by atoms with van der Waals surface area (Å²) in [6.45, 7) is 4.54. The number of carbonyl (C=O) groups is 1. The molecule has 1 unspecified atom stereocenters. The molecule has 0 fully saturated rings. The number of aromatic nitrogens is 3. The number of hydrogen-bond donors (Lipinski definition) is 0. The van der Waals surface area contributed by atoms with Crippen LogP contribution in [0.1, 0.15) is 25.8 Å². The number of ether oxygens (including phenoxy) is 1. The van der Waals surface area contributed by atoms with E-state index in [0.717, 1.165) is 35.3 Å². The number of nitrogens with zero attached hydrogens (tertiary/aromatic N) is 3. The first kappa shape index (κ1) is 20.1. The van der Waals surface area contributed by atoms with Gasteiger partial charge < -0.3 is 9.30 Å². The molecule has 1 aromatic heterocycles. The van der Waals surface area contributed by atoms with Gasteiger partial charge in [-0.2, -0.15) is 0 Å². The average Bonchev–Trinajstić information content (AvgIpc) is 3.14. The Kier molecular flexibility index (Phi) is 6.87. The number of carbonyl (C=O) groups excluding carboxylic acids is 1. The molecule has 0 saturated carbocycles. The van der Waals surface area contributed by atoms with E-state index in [2.05, 4.69) is 26.9 Å². The molecule has 0 bridgehead atoms. The van der Waals surface area contributed by atoms with Crippen LogP contribution in [-0.2, 0) is 17.8 Å². The number of rotatable bonds is 9. The minimum absolute atomic E-state index is 0.157. The molecule has 28 heavy (non-hydrogen) atoms. The van der Waals surface area contributed by atoms with E-state index in [1.807, 2.05) is 56.3 Å². The second-order valence-electron chi connectivity index (χ2n) is 6.47. The van der Waals surface area contributed by atoms with Crippen molar-refractivity contribution in [1.82, 2.24) is 14.8 Å². The van der Waals surface area contributed by atoms with Crippen LogP contribution >= 0.6 is 11.8 Å². The van der Waals surface area contributed by atoms with Gasteiger partial charge >= 0.3 is 0 Å². The highest BCUT2D eigenvalue weighted by Crippen LogP contribution is 2.32. The van der Waals surface area contributed by atoms with Gasteiger partial charge in [0.15, 0.2) is 11.0 Å². The summed E-state index contributed by atoms with van der Waals surface area (Å²) in [5, 5.41) is 9.45. The molecule has 1 heterocycles. The summed E-state index contributed by atoms with van der Waals surface area (Å²) in [5.74, 6) is 1.72. The Hall–Kier alpha value is -2.60. The maximum absolute atomic E-state index is 12.1. The van der Waals surface area contributed by atoms with Crippen molar-refractivity contribution in [2.24, 2.45) is 0 Å². The SMILES string of the molecule is CCC(=O)C(C)Sc1nnc(-c2ccccc2OC)n1CCc1ccccc1. The van der Waals surface area contributed by atoms with E-state index in [1.54, 1.807) is 7.11 Å². The molecule has 5 nitrogen and oxygen atoms in total. The van der Waals surface area contributed by atoms with E-state index < -0.39 is 0 Å². The third kappa shape index (κ3) is 4.62. The normalized spacial score (nSPS) is 12.0. The molecular formula is C22H25N3O2S. The molecule has 3 aromatic rings. The van der Waals surface area contributed by atoms with Gasteiger partial charge in [-0.25, -0.2) is 0 Å². The molecule has 1 atom stereocenters. The van der Waals surface area contributed by atoms with Crippen molar-refractivity contribution in [3.05, 3.63) is 60.2 Å². The lowest BCUT2D eigenvalue weighted by atomic mass is 10.1. The fraction of sp³-hybridized carbons (Fsp3) is 0.318. The second kappa shape index (κ2) is 9.55. The number of benzene rings is 2. The molecular weight excluding hydrogens is 370 g/mol. The largest absolute Gasteiger partial charge is 0.496 e. The molecule has 0 aliphatic rings. The van der Waals surface area contributed by atoms with Crippen molar-refractivity contribution >= 4 is 17.5 Å². The highest BCUT2D eigenvalue weighted by atomic mass is 32.2. The van der Waals surface area contributed by atoms with Crippen LogP contribution in [0.3, 0.4) is 0 Å². The van der Waals surface area contributed by atoms with Gasteiger partial charge in [0, 0.05) is 13.0 Å². The van der Waals surface area contributed by atoms with E-state index >= 15 is 0 Å². The number of Topliss-reactive ketones (excluding diaryl/α,β-unsaturated/α-hetero) is 1. The van der Waals surface area contributed by atoms with Crippen molar-refractivity contribution < 1.29 is 9.53 Å². The smallest absolute Gasteiger partial charge is 0.192 e. The average molecular weight is 396 g/mol. The maximum atomic E-state index is 12.1. The Balaban J connectivity index is 1.96. The summed E-state index contributed by atoms with van der Waals surface area (Å²) in [7, 11) is 1.65. The molecule has 0 aliphatic heterocycles. The molecule has 0 aliphatic carbocycles. The van der Waals surface area contributed by atoms with Gasteiger partial charge in [-0.05, 0) is 31.0 Å². The van der Waals surface area contributed by atoms with E-state index in [4.69, 9.17) is 4.74 Å². The summed E-state index contributed by atoms with van der Waals surface area (Å²) in [5.41, 5.74) is 2.14. The third-order valence-corrected chi connectivity index (χ3v) is 5.74.